The number of aryl methyl sites for hydroxylation is 1. The van der Waals surface area contributed by atoms with Gasteiger partial charge in [0.1, 0.15) is 5.60 Å². The van der Waals surface area contributed by atoms with E-state index in [0.717, 1.165) is 0 Å². The molecule has 34 heavy (non-hydrogen) atoms. The number of amides is 2. The van der Waals surface area contributed by atoms with Crippen LogP contribution in [0, 0.1) is 11.7 Å². The number of sulfonamides is 1. The van der Waals surface area contributed by atoms with E-state index in [1.165, 1.54) is 18.5 Å². The molecule has 2 amide bonds. The summed E-state index contributed by atoms with van der Waals surface area (Å²) in [5.41, 5.74) is 1.84. The van der Waals surface area contributed by atoms with E-state index in [2.05, 4.69) is 10.3 Å². The number of nitrogens with zero attached hydrogens (tertiary/aromatic N) is 2. The molecule has 13 heteroatoms. The summed E-state index contributed by atoms with van der Waals surface area (Å²) in [6.45, 7) is 5.24. The fraction of sp³-hybridized carbons (Fsp3) is 0.476. The smallest absolute Gasteiger partial charge is 0.407 e. The van der Waals surface area contributed by atoms with Crippen molar-refractivity contribution >= 4 is 33.6 Å². The summed E-state index contributed by atoms with van der Waals surface area (Å²) >= 11 is 5.92. The quantitative estimate of drug-likeness (QED) is 0.486. The molecule has 10 nitrogen and oxygen atoms in total. The van der Waals surface area contributed by atoms with Gasteiger partial charge in [-0.25, -0.2) is 22.6 Å². The summed E-state index contributed by atoms with van der Waals surface area (Å²) < 4.78 is 46.0. The Hall–Kier alpha value is -2.70. The third-order valence-corrected chi connectivity index (χ3v) is 6.60. The standard InChI is InChI=1S/C21H27ClFN5O5S/c1-21(2,3)33-20(30)25-14-5-12(6-14)10-34(31,32)27-26-19(29)15-7-13(8-16(22)18(15)23)17-9-28(4)11-24-17/h7-9,11-12,14,27H,5-6,10H2,1-4H3,(H,25,30)(H,26,29). The van der Waals surface area contributed by atoms with Crippen molar-refractivity contribution in [3.8, 4) is 11.3 Å². The van der Waals surface area contributed by atoms with Gasteiger partial charge in [-0.2, -0.15) is 0 Å². The van der Waals surface area contributed by atoms with Crippen molar-refractivity contribution in [1.29, 1.82) is 0 Å². The number of hydrogen-bond donors (Lipinski definition) is 3. The number of hydrazine groups is 1. The Balaban J connectivity index is 1.54. The number of benzene rings is 1. The molecular formula is C21H27ClFN5O5S. The normalized spacial score (nSPS) is 18.2. The van der Waals surface area contributed by atoms with E-state index in [9.17, 15) is 22.4 Å². The molecule has 0 bridgehead atoms. The second-order valence-electron chi connectivity index (χ2n) is 9.26. The van der Waals surface area contributed by atoms with Gasteiger partial charge in [0.15, 0.2) is 5.82 Å². The van der Waals surface area contributed by atoms with Gasteiger partial charge in [0.05, 0.1) is 28.4 Å². The zero-order chi connectivity index (χ0) is 25.3. The van der Waals surface area contributed by atoms with Crippen LogP contribution >= 0.6 is 11.6 Å². The summed E-state index contributed by atoms with van der Waals surface area (Å²) in [5, 5.41) is 2.39. The number of imidazole rings is 1. The molecule has 3 rings (SSSR count). The molecule has 1 aliphatic rings. The van der Waals surface area contributed by atoms with Crippen LogP contribution in [0.4, 0.5) is 9.18 Å². The van der Waals surface area contributed by atoms with Gasteiger partial charge in [-0.1, -0.05) is 11.6 Å². The molecule has 1 fully saturated rings. The van der Waals surface area contributed by atoms with Gasteiger partial charge in [0, 0.05) is 24.8 Å². The molecule has 1 aliphatic carbocycles. The number of carbonyl (C=O) groups excluding carboxylic acids is 2. The van der Waals surface area contributed by atoms with Gasteiger partial charge in [-0.15, -0.1) is 4.83 Å². The predicted octanol–water partition coefficient (Wildman–Crippen LogP) is 2.75. The van der Waals surface area contributed by atoms with Crippen LogP contribution < -0.4 is 15.6 Å². The minimum atomic E-state index is -3.90. The van der Waals surface area contributed by atoms with Crippen LogP contribution in [0.15, 0.2) is 24.7 Å². The minimum Gasteiger partial charge on any atom is -0.444 e. The van der Waals surface area contributed by atoms with Crippen LogP contribution in [0.2, 0.25) is 5.02 Å². The van der Waals surface area contributed by atoms with Crippen LogP contribution in [-0.2, 0) is 21.8 Å². The first-order valence-corrected chi connectivity index (χ1v) is 12.5. The topological polar surface area (TPSA) is 131 Å². The van der Waals surface area contributed by atoms with Crippen molar-refractivity contribution in [1.82, 2.24) is 25.1 Å². The molecule has 0 spiro atoms. The molecule has 1 heterocycles. The molecule has 0 unspecified atom stereocenters. The van der Waals surface area contributed by atoms with Crippen LogP contribution in [0.25, 0.3) is 11.3 Å². The van der Waals surface area contributed by atoms with Crippen LogP contribution in [-0.4, -0.2) is 47.4 Å². The molecule has 0 radical (unpaired) electrons. The highest BCUT2D eigenvalue weighted by Gasteiger charge is 2.35. The van der Waals surface area contributed by atoms with Crippen molar-refractivity contribution in [2.24, 2.45) is 13.0 Å². The highest BCUT2D eigenvalue weighted by atomic mass is 35.5. The number of alkyl carbamates (subject to hydrolysis) is 1. The maximum Gasteiger partial charge on any atom is 0.407 e. The summed E-state index contributed by atoms with van der Waals surface area (Å²) in [4.78, 5) is 30.4. The average Bonchev–Trinajstić information content (AvgIpc) is 3.11. The summed E-state index contributed by atoms with van der Waals surface area (Å²) in [5.74, 6) is -2.46. The number of nitrogens with one attached hydrogen (secondary N) is 3. The largest absolute Gasteiger partial charge is 0.444 e. The van der Waals surface area contributed by atoms with E-state index in [1.54, 1.807) is 38.6 Å². The lowest BCUT2D eigenvalue weighted by molar-refractivity contribution is 0.0459. The number of carbonyl (C=O) groups is 2. The van der Waals surface area contributed by atoms with Crippen LogP contribution in [0.3, 0.4) is 0 Å². The fourth-order valence-electron chi connectivity index (χ4n) is 3.47. The maximum absolute atomic E-state index is 14.5. The molecule has 1 aromatic carbocycles. The van der Waals surface area contributed by atoms with Gasteiger partial charge in [-0.05, 0) is 51.7 Å². The zero-order valence-electron chi connectivity index (χ0n) is 19.2. The average molecular weight is 516 g/mol. The minimum absolute atomic E-state index is 0.185. The maximum atomic E-state index is 14.5. The third kappa shape index (κ3) is 6.90. The molecule has 0 aliphatic heterocycles. The fourth-order valence-corrected chi connectivity index (χ4v) is 4.91. The molecule has 0 atom stereocenters. The summed E-state index contributed by atoms with van der Waals surface area (Å²) in [7, 11) is -2.15. The highest BCUT2D eigenvalue weighted by molar-refractivity contribution is 7.89. The molecule has 1 aromatic heterocycles. The SMILES string of the molecule is Cn1cnc(-c2cc(Cl)c(F)c(C(=O)NNS(=O)(=O)CC3CC(NC(=O)OC(C)(C)C)C3)c2)c1. The lowest BCUT2D eigenvalue weighted by Gasteiger charge is -2.35. The van der Waals surface area contributed by atoms with Crippen molar-refractivity contribution in [2.75, 3.05) is 5.75 Å². The molecular weight excluding hydrogens is 489 g/mol. The predicted molar refractivity (Wildman–Crippen MR) is 124 cm³/mol. The Kier molecular flexibility index (Phi) is 7.53. The van der Waals surface area contributed by atoms with Gasteiger partial charge < -0.3 is 14.6 Å². The number of ether oxygens (including phenoxy) is 1. The summed E-state index contributed by atoms with van der Waals surface area (Å²) in [6, 6.07) is 2.39. The van der Waals surface area contributed by atoms with Gasteiger partial charge in [-0.3, -0.25) is 10.2 Å². The lowest BCUT2D eigenvalue weighted by atomic mass is 9.82. The van der Waals surface area contributed by atoms with Gasteiger partial charge in [0.25, 0.3) is 5.91 Å². The second kappa shape index (κ2) is 9.88. The Morgan fingerprint density at radius 3 is 2.56 bits per heavy atom. The first kappa shape index (κ1) is 25.9. The van der Waals surface area contributed by atoms with Crippen LogP contribution in [0.1, 0.15) is 44.0 Å². The van der Waals surface area contributed by atoms with E-state index in [-0.39, 0.29) is 22.7 Å². The molecule has 1 saturated carbocycles. The van der Waals surface area contributed by atoms with Gasteiger partial charge in [0.2, 0.25) is 10.0 Å². The number of halogens is 2. The highest BCUT2D eigenvalue weighted by Crippen LogP contribution is 2.29. The van der Waals surface area contributed by atoms with E-state index in [4.69, 9.17) is 16.3 Å². The Bertz CT molecular complexity index is 1190. The number of aromatic nitrogens is 2. The van der Waals surface area contributed by atoms with Gasteiger partial charge >= 0.3 is 6.09 Å². The van der Waals surface area contributed by atoms with E-state index < -0.39 is 39.0 Å². The first-order valence-electron chi connectivity index (χ1n) is 10.5. The van der Waals surface area contributed by atoms with E-state index in [0.29, 0.717) is 24.1 Å². The zero-order valence-corrected chi connectivity index (χ0v) is 20.8. The van der Waals surface area contributed by atoms with E-state index >= 15 is 0 Å². The lowest BCUT2D eigenvalue weighted by Crippen LogP contribution is -2.50. The molecule has 186 valence electrons. The van der Waals surface area contributed by atoms with Crippen LogP contribution in [0.5, 0.6) is 0 Å². The number of hydrogen-bond acceptors (Lipinski definition) is 6. The van der Waals surface area contributed by atoms with E-state index in [1.807, 2.05) is 10.3 Å². The Morgan fingerprint density at radius 1 is 1.29 bits per heavy atom. The third-order valence-electron chi connectivity index (χ3n) is 5.01. The molecule has 0 saturated heterocycles. The van der Waals surface area contributed by atoms with Crippen molar-refractivity contribution in [3.05, 3.63) is 41.1 Å². The Labute approximate surface area is 202 Å². The Morgan fingerprint density at radius 2 is 1.97 bits per heavy atom. The monoisotopic (exact) mass is 515 g/mol. The first-order chi connectivity index (χ1) is 15.7. The second-order valence-corrected chi connectivity index (χ2v) is 11.4. The molecule has 3 N–H and O–H groups in total. The van der Waals surface area contributed by atoms with Crippen molar-refractivity contribution in [3.63, 3.8) is 0 Å². The van der Waals surface area contributed by atoms with Crippen molar-refractivity contribution in [2.45, 2.75) is 45.3 Å². The molecule has 2 aromatic rings. The summed E-state index contributed by atoms with van der Waals surface area (Å²) in [6.07, 6.45) is 3.54. The number of rotatable bonds is 7. The van der Waals surface area contributed by atoms with Crippen molar-refractivity contribution < 1.29 is 27.1 Å².